The summed E-state index contributed by atoms with van der Waals surface area (Å²) in [6.45, 7) is 0.551. The summed E-state index contributed by atoms with van der Waals surface area (Å²) in [5.41, 5.74) is 2.61. The Hall–Kier alpha value is -2.63. The van der Waals surface area contributed by atoms with Gasteiger partial charge in [-0.3, -0.25) is 14.7 Å². The standard InChI is InChI=1S/C19H22N4O2/c24-18-11-14(12-23(18)16-6-1-2-7-16)19(25)21-15-5-3-4-13(10-15)17-8-9-20-22-17/h3-5,8-10,14,16H,1-2,6-7,11-12H2,(H,20,22)(H,21,25). The number of aromatic nitrogens is 2. The molecule has 2 N–H and O–H groups in total. The predicted molar refractivity (Wildman–Crippen MR) is 94.7 cm³/mol. The van der Waals surface area contributed by atoms with E-state index < -0.39 is 0 Å². The van der Waals surface area contributed by atoms with Crippen molar-refractivity contribution in [1.29, 1.82) is 0 Å². The van der Waals surface area contributed by atoms with Crippen LogP contribution in [0.4, 0.5) is 5.69 Å². The Morgan fingerprint density at radius 2 is 2.08 bits per heavy atom. The summed E-state index contributed by atoms with van der Waals surface area (Å²) >= 11 is 0. The lowest BCUT2D eigenvalue weighted by Crippen LogP contribution is -2.35. The summed E-state index contributed by atoms with van der Waals surface area (Å²) in [5.74, 6) is -0.210. The van der Waals surface area contributed by atoms with E-state index >= 15 is 0 Å². The van der Waals surface area contributed by atoms with Crippen LogP contribution in [0.5, 0.6) is 0 Å². The number of H-pyrrole nitrogens is 1. The predicted octanol–water partition coefficient (Wildman–Crippen LogP) is 2.81. The van der Waals surface area contributed by atoms with Crippen molar-refractivity contribution in [2.45, 2.75) is 38.1 Å². The summed E-state index contributed by atoms with van der Waals surface area (Å²) in [6.07, 6.45) is 6.54. The van der Waals surface area contributed by atoms with Crippen molar-refractivity contribution in [3.8, 4) is 11.3 Å². The maximum Gasteiger partial charge on any atom is 0.229 e. The first-order valence-corrected chi connectivity index (χ1v) is 8.91. The smallest absolute Gasteiger partial charge is 0.229 e. The molecular weight excluding hydrogens is 316 g/mol. The lowest BCUT2D eigenvalue weighted by atomic mass is 10.1. The highest BCUT2D eigenvalue weighted by Gasteiger charge is 2.38. The van der Waals surface area contributed by atoms with Crippen LogP contribution >= 0.6 is 0 Å². The number of rotatable bonds is 4. The van der Waals surface area contributed by atoms with E-state index in [0.29, 0.717) is 19.0 Å². The first-order valence-electron chi connectivity index (χ1n) is 8.91. The van der Waals surface area contributed by atoms with E-state index in [1.54, 1.807) is 6.20 Å². The summed E-state index contributed by atoms with van der Waals surface area (Å²) in [4.78, 5) is 26.8. The molecule has 6 nitrogen and oxygen atoms in total. The van der Waals surface area contributed by atoms with Crippen LogP contribution < -0.4 is 5.32 Å². The number of likely N-dealkylation sites (tertiary alicyclic amines) is 1. The van der Waals surface area contributed by atoms with Gasteiger partial charge in [0.05, 0.1) is 11.6 Å². The van der Waals surface area contributed by atoms with Gasteiger partial charge in [-0.1, -0.05) is 25.0 Å². The SMILES string of the molecule is O=C(Nc1cccc(-c2ccn[nH]2)c1)C1CC(=O)N(C2CCCC2)C1. The van der Waals surface area contributed by atoms with Crippen LogP contribution in [0.15, 0.2) is 36.5 Å². The minimum Gasteiger partial charge on any atom is -0.339 e. The van der Waals surface area contributed by atoms with Gasteiger partial charge >= 0.3 is 0 Å². The fourth-order valence-corrected chi connectivity index (χ4v) is 3.90. The van der Waals surface area contributed by atoms with E-state index in [-0.39, 0.29) is 17.7 Å². The number of carbonyl (C=O) groups excluding carboxylic acids is 2. The molecule has 2 aliphatic rings. The van der Waals surface area contributed by atoms with Crippen molar-refractivity contribution in [2.24, 2.45) is 5.92 Å². The molecule has 0 spiro atoms. The van der Waals surface area contributed by atoms with Gasteiger partial charge in [0.2, 0.25) is 11.8 Å². The third-order valence-electron chi connectivity index (χ3n) is 5.24. The molecule has 130 valence electrons. The molecule has 1 aliphatic carbocycles. The maximum absolute atomic E-state index is 12.6. The highest BCUT2D eigenvalue weighted by molar-refractivity contribution is 5.97. The number of hydrogen-bond acceptors (Lipinski definition) is 3. The van der Waals surface area contributed by atoms with Crippen LogP contribution in [0.1, 0.15) is 32.1 Å². The molecule has 1 saturated heterocycles. The topological polar surface area (TPSA) is 78.1 Å². The Balaban J connectivity index is 1.42. The second-order valence-electron chi connectivity index (χ2n) is 6.93. The fourth-order valence-electron chi connectivity index (χ4n) is 3.90. The number of aromatic amines is 1. The van der Waals surface area contributed by atoms with E-state index in [2.05, 4.69) is 15.5 Å². The molecule has 2 fully saturated rings. The molecule has 1 atom stereocenters. The first kappa shape index (κ1) is 15.9. The number of anilines is 1. The largest absolute Gasteiger partial charge is 0.339 e. The zero-order valence-electron chi connectivity index (χ0n) is 14.1. The van der Waals surface area contributed by atoms with Gasteiger partial charge in [-0.25, -0.2) is 0 Å². The van der Waals surface area contributed by atoms with Crippen molar-refractivity contribution < 1.29 is 9.59 Å². The van der Waals surface area contributed by atoms with Gasteiger partial charge in [-0.2, -0.15) is 5.10 Å². The summed E-state index contributed by atoms with van der Waals surface area (Å²) in [5, 5.41) is 9.83. The van der Waals surface area contributed by atoms with Crippen molar-refractivity contribution in [3.63, 3.8) is 0 Å². The Morgan fingerprint density at radius 3 is 2.84 bits per heavy atom. The van der Waals surface area contributed by atoms with E-state index in [1.807, 2.05) is 35.2 Å². The van der Waals surface area contributed by atoms with Gasteiger partial charge in [0, 0.05) is 36.5 Å². The Bertz CT molecular complexity index is 765. The number of amides is 2. The molecule has 0 bridgehead atoms. The molecule has 1 aromatic heterocycles. The molecule has 1 saturated carbocycles. The van der Waals surface area contributed by atoms with E-state index in [4.69, 9.17) is 0 Å². The van der Waals surface area contributed by atoms with Crippen LogP contribution in [0, 0.1) is 5.92 Å². The van der Waals surface area contributed by atoms with Crippen LogP contribution in [-0.2, 0) is 9.59 Å². The van der Waals surface area contributed by atoms with Crippen molar-refractivity contribution >= 4 is 17.5 Å². The first-order chi connectivity index (χ1) is 12.2. The highest BCUT2D eigenvalue weighted by atomic mass is 16.2. The number of nitrogens with zero attached hydrogens (tertiary/aromatic N) is 2. The molecule has 1 aliphatic heterocycles. The molecule has 6 heteroatoms. The second kappa shape index (κ2) is 6.70. The van der Waals surface area contributed by atoms with Gasteiger partial charge in [0.1, 0.15) is 0 Å². The summed E-state index contributed by atoms with van der Waals surface area (Å²) in [7, 11) is 0. The van der Waals surface area contributed by atoms with Crippen LogP contribution in [0.25, 0.3) is 11.3 Å². The van der Waals surface area contributed by atoms with Gasteiger partial charge < -0.3 is 10.2 Å². The number of benzene rings is 1. The molecule has 2 heterocycles. The number of nitrogens with one attached hydrogen (secondary N) is 2. The molecule has 1 unspecified atom stereocenters. The van der Waals surface area contributed by atoms with Crippen molar-refractivity contribution in [3.05, 3.63) is 36.5 Å². The number of carbonyl (C=O) groups is 2. The highest BCUT2D eigenvalue weighted by Crippen LogP contribution is 2.30. The van der Waals surface area contributed by atoms with E-state index in [1.165, 1.54) is 12.8 Å². The Labute approximate surface area is 146 Å². The third kappa shape index (κ3) is 3.29. The Kier molecular flexibility index (Phi) is 4.26. The van der Waals surface area contributed by atoms with Crippen LogP contribution in [0.2, 0.25) is 0 Å². The van der Waals surface area contributed by atoms with Crippen molar-refractivity contribution in [1.82, 2.24) is 15.1 Å². The van der Waals surface area contributed by atoms with Gasteiger partial charge in [0.25, 0.3) is 0 Å². The van der Waals surface area contributed by atoms with E-state index in [0.717, 1.165) is 29.8 Å². The maximum atomic E-state index is 12.6. The fraction of sp³-hybridized carbons (Fsp3) is 0.421. The minimum atomic E-state index is -0.260. The lowest BCUT2D eigenvalue weighted by Gasteiger charge is -2.23. The van der Waals surface area contributed by atoms with Crippen LogP contribution in [-0.4, -0.2) is 39.5 Å². The third-order valence-corrected chi connectivity index (χ3v) is 5.24. The average Bonchev–Trinajstić information content (AvgIpc) is 3.36. The quantitative estimate of drug-likeness (QED) is 0.900. The van der Waals surface area contributed by atoms with Gasteiger partial charge in [-0.05, 0) is 31.0 Å². The molecule has 4 rings (SSSR count). The monoisotopic (exact) mass is 338 g/mol. The summed E-state index contributed by atoms with van der Waals surface area (Å²) in [6, 6.07) is 9.87. The lowest BCUT2D eigenvalue weighted by molar-refractivity contribution is -0.129. The molecule has 1 aromatic carbocycles. The number of hydrogen-bond donors (Lipinski definition) is 2. The van der Waals surface area contributed by atoms with Gasteiger partial charge in [-0.15, -0.1) is 0 Å². The normalized spacial score (nSPS) is 21.0. The molecule has 2 amide bonds. The minimum absolute atomic E-state index is 0.0735. The zero-order valence-corrected chi connectivity index (χ0v) is 14.1. The summed E-state index contributed by atoms with van der Waals surface area (Å²) < 4.78 is 0. The second-order valence-corrected chi connectivity index (χ2v) is 6.93. The molecule has 25 heavy (non-hydrogen) atoms. The van der Waals surface area contributed by atoms with Crippen molar-refractivity contribution in [2.75, 3.05) is 11.9 Å². The molecular formula is C19H22N4O2. The molecule has 2 aromatic rings. The average molecular weight is 338 g/mol. The Morgan fingerprint density at radius 1 is 1.24 bits per heavy atom. The zero-order chi connectivity index (χ0) is 17.2. The van der Waals surface area contributed by atoms with E-state index in [9.17, 15) is 9.59 Å². The van der Waals surface area contributed by atoms with Crippen LogP contribution in [0.3, 0.4) is 0 Å². The van der Waals surface area contributed by atoms with Gasteiger partial charge in [0.15, 0.2) is 0 Å². The molecule has 0 radical (unpaired) electrons.